The summed E-state index contributed by atoms with van der Waals surface area (Å²) in [5.74, 6) is 0.861. The highest BCUT2D eigenvalue weighted by molar-refractivity contribution is 5.76. The van der Waals surface area contributed by atoms with Gasteiger partial charge in [-0.25, -0.2) is 0 Å². The molecule has 1 heterocycles. The van der Waals surface area contributed by atoms with Crippen molar-refractivity contribution >= 4 is 5.91 Å². The molecule has 0 atom stereocenters. The molecule has 0 aromatic rings. The third kappa shape index (κ3) is 8.97. The summed E-state index contributed by atoms with van der Waals surface area (Å²) in [6.07, 6.45) is 1.74. The van der Waals surface area contributed by atoms with E-state index >= 15 is 0 Å². The van der Waals surface area contributed by atoms with Gasteiger partial charge in [0.2, 0.25) is 5.91 Å². The quantitative estimate of drug-likeness (QED) is 0.598. The lowest BCUT2D eigenvalue weighted by atomic mass is 10.1. The molecule has 1 fully saturated rings. The fourth-order valence-corrected chi connectivity index (χ4v) is 1.98. The average Bonchev–Trinajstić information content (AvgIpc) is 2.39. The molecule has 0 aliphatic carbocycles. The number of ether oxygens (including phenoxy) is 1. The number of hydrogen-bond acceptors (Lipinski definition) is 4. The van der Waals surface area contributed by atoms with Crippen LogP contribution in [0.1, 0.15) is 26.7 Å². The van der Waals surface area contributed by atoms with Crippen LogP contribution in [-0.4, -0.2) is 63.3 Å². The molecule has 0 aromatic heterocycles. The van der Waals surface area contributed by atoms with Crippen molar-refractivity contribution in [3.05, 3.63) is 0 Å². The van der Waals surface area contributed by atoms with Crippen LogP contribution in [0.2, 0.25) is 0 Å². The zero-order valence-electron chi connectivity index (χ0n) is 12.4. The van der Waals surface area contributed by atoms with Crippen LogP contribution in [0.4, 0.5) is 0 Å². The Kier molecular flexibility index (Phi) is 8.79. The molecule has 1 aliphatic heterocycles. The van der Waals surface area contributed by atoms with Gasteiger partial charge in [-0.3, -0.25) is 9.69 Å². The smallest absolute Gasteiger partial charge is 0.221 e. The van der Waals surface area contributed by atoms with E-state index in [1.165, 1.54) is 6.42 Å². The lowest BCUT2D eigenvalue weighted by Crippen LogP contribution is -2.41. The Hall–Kier alpha value is -0.650. The lowest BCUT2D eigenvalue weighted by Gasteiger charge is -2.26. The highest BCUT2D eigenvalue weighted by atomic mass is 16.5. The number of nitrogens with zero attached hydrogens (tertiary/aromatic N) is 1. The maximum absolute atomic E-state index is 11.6. The first-order valence-corrected chi connectivity index (χ1v) is 7.46. The van der Waals surface area contributed by atoms with E-state index in [2.05, 4.69) is 29.4 Å². The Morgan fingerprint density at radius 2 is 1.95 bits per heavy atom. The molecule has 1 saturated heterocycles. The molecule has 19 heavy (non-hydrogen) atoms. The molecular weight excluding hydrogens is 242 g/mol. The molecule has 0 unspecified atom stereocenters. The van der Waals surface area contributed by atoms with Crippen LogP contribution in [0.15, 0.2) is 0 Å². The molecule has 0 saturated carbocycles. The van der Waals surface area contributed by atoms with Crippen molar-refractivity contribution < 1.29 is 9.53 Å². The molecule has 2 N–H and O–H groups in total. The van der Waals surface area contributed by atoms with Gasteiger partial charge in [-0.15, -0.1) is 0 Å². The SMILES string of the molecule is CC(C)CCNCCC(=O)NCCN1CCOCC1. The van der Waals surface area contributed by atoms with Gasteiger partial charge in [-0.05, 0) is 18.9 Å². The Balaban J connectivity index is 1.90. The molecular formula is C14H29N3O2. The third-order valence-corrected chi connectivity index (χ3v) is 3.28. The molecule has 0 aromatic carbocycles. The molecule has 1 rings (SSSR count). The summed E-state index contributed by atoms with van der Waals surface area (Å²) in [5, 5.41) is 6.27. The molecule has 112 valence electrons. The van der Waals surface area contributed by atoms with E-state index in [0.29, 0.717) is 6.42 Å². The zero-order valence-corrected chi connectivity index (χ0v) is 12.4. The van der Waals surface area contributed by atoms with E-state index in [1.54, 1.807) is 0 Å². The summed E-state index contributed by atoms with van der Waals surface area (Å²) in [6, 6.07) is 0. The second-order valence-corrected chi connectivity index (χ2v) is 5.49. The summed E-state index contributed by atoms with van der Waals surface area (Å²) in [4.78, 5) is 13.9. The van der Waals surface area contributed by atoms with E-state index in [9.17, 15) is 4.79 Å². The van der Waals surface area contributed by atoms with Crippen molar-refractivity contribution in [2.45, 2.75) is 26.7 Å². The predicted molar refractivity (Wildman–Crippen MR) is 77.2 cm³/mol. The van der Waals surface area contributed by atoms with Gasteiger partial charge in [0.25, 0.3) is 0 Å². The first-order chi connectivity index (χ1) is 9.18. The van der Waals surface area contributed by atoms with Gasteiger partial charge in [0, 0.05) is 39.1 Å². The minimum absolute atomic E-state index is 0.144. The molecule has 5 heteroatoms. The van der Waals surface area contributed by atoms with Crippen molar-refractivity contribution in [3.63, 3.8) is 0 Å². The Bertz CT molecular complexity index is 241. The number of carbonyl (C=O) groups excluding carboxylic acids is 1. The van der Waals surface area contributed by atoms with Crippen LogP contribution >= 0.6 is 0 Å². The van der Waals surface area contributed by atoms with Gasteiger partial charge < -0.3 is 15.4 Å². The third-order valence-electron chi connectivity index (χ3n) is 3.28. The second kappa shape index (κ2) is 10.2. The van der Waals surface area contributed by atoms with Crippen LogP contribution in [-0.2, 0) is 9.53 Å². The van der Waals surface area contributed by atoms with Gasteiger partial charge in [-0.2, -0.15) is 0 Å². The summed E-state index contributed by atoms with van der Waals surface area (Å²) >= 11 is 0. The molecule has 1 amide bonds. The zero-order chi connectivity index (χ0) is 13.9. The van der Waals surface area contributed by atoms with Gasteiger partial charge >= 0.3 is 0 Å². The van der Waals surface area contributed by atoms with E-state index in [-0.39, 0.29) is 5.91 Å². The van der Waals surface area contributed by atoms with Crippen molar-refractivity contribution in [1.82, 2.24) is 15.5 Å². The van der Waals surface area contributed by atoms with E-state index in [0.717, 1.165) is 58.4 Å². The van der Waals surface area contributed by atoms with Crippen LogP contribution < -0.4 is 10.6 Å². The summed E-state index contributed by atoms with van der Waals surface area (Å²) in [5.41, 5.74) is 0. The number of rotatable bonds is 9. The second-order valence-electron chi connectivity index (χ2n) is 5.49. The summed E-state index contributed by atoms with van der Waals surface area (Å²) < 4.78 is 5.28. The average molecular weight is 271 g/mol. The van der Waals surface area contributed by atoms with Gasteiger partial charge in [-0.1, -0.05) is 13.8 Å². The molecule has 0 bridgehead atoms. The number of amides is 1. The van der Waals surface area contributed by atoms with E-state index in [1.807, 2.05) is 0 Å². The predicted octanol–water partition coefficient (Wildman–Crippen LogP) is 0.461. The van der Waals surface area contributed by atoms with Crippen LogP contribution in [0.25, 0.3) is 0 Å². The number of carbonyl (C=O) groups is 1. The topological polar surface area (TPSA) is 53.6 Å². The Morgan fingerprint density at radius 3 is 2.63 bits per heavy atom. The monoisotopic (exact) mass is 271 g/mol. The minimum atomic E-state index is 0.144. The Labute approximate surface area is 117 Å². The van der Waals surface area contributed by atoms with Gasteiger partial charge in [0.15, 0.2) is 0 Å². The highest BCUT2D eigenvalue weighted by Crippen LogP contribution is 1.96. The maximum atomic E-state index is 11.6. The fraction of sp³-hybridized carbons (Fsp3) is 0.929. The normalized spacial score (nSPS) is 16.8. The van der Waals surface area contributed by atoms with Crippen molar-refractivity contribution in [3.8, 4) is 0 Å². The summed E-state index contributed by atoms with van der Waals surface area (Å²) in [7, 11) is 0. The first-order valence-electron chi connectivity index (χ1n) is 7.46. The summed E-state index contributed by atoms with van der Waals surface area (Å²) in [6.45, 7) is 11.4. The number of hydrogen-bond donors (Lipinski definition) is 2. The van der Waals surface area contributed by atoms with Crippen LogP contribution in [0.3, 0.4) is 0 Å². The van der Waals surface area contributed by atoms with Crippen molar-refractivity contribution in [2.75, 3.05) is 52.5 Å². The van der Waals surface area contributed by atoms with Crippen LogP contribution in [0.5, 0.6) is 0 Å². The van der Waals surface area contributed by atoms with E-state index in [4.69, 9.17) is 4.74 Å². The first kappa shape index (κ1) is 16.4. The van der Waals surface area contributed by atoms with Gasteiger partial charge in [0.05, 0.1) is 13.2 Å². The number of nitrogens with one attached hydrogen (secondary N) is 2. The van der Waals surface area contributed by atoms with Gasteiger partial charge in [0.1, 0.15) is 0 Å². The van der Waals surface area contributed by atoms with Crippen molar-refractivity contribution in [2.24, 2.45) is 5.92 Å². The van der Waals surface area contributed by atoms with E-state index < -0.39 is 0 Å². The fourth-order valence-electron chi connectivity index (χ4n) is 1.98. The largest absolute Gasteiger partial charge is 0.379 e. The minimum Gasteiger partial charge on any atom is -0.379 e. The standard InChI is InChI=1S/C14H29N3O2/c1-13(2)3-5-15-6-4-14(18)16-7-8-17-9-11-19-12-10-17/h13,15H,3-12H2,1-2H3,(H,16,18). The van der Waals surface area contributed by atoms with Crippen LogP contribution in [0, 0.1) is 5.92 Å². The number of morpholine rings is 1. The lowest BCUT2D eigenvalue weighted by molar-refractivity contribution is -0.121. The Morgan fingerprint density at radius 1 is 1.21 bits per heavy atom. The maximum Gasteiger partial charge on any atom is 0.221 e. The molecule has 1 aliphatic rings. The molecule has 5 nitrogen and oxygen atoms in total. The van der Waals surface area contributed by atoms with Crippen molar-refractivity contribution in [1.29, 1.82) is 0 Å². The molecule has 0 spiro atoms. The highest BCUT2D eigenvalue weighted by Gasteiger charge is 2.09. The molecule has 0 radical (unpaired) electrons.